The first-order chi connectivity index (χ1) is 6.79. The Morgan fingerprint density at radius 1 is 1.40 bits per heavy atom. The number of alkyl halides is 1. The van der Waals surface area contributed by atoms with E-state index in [1.165, 1.54) is 11.4 Å². The Morgan fingerprint density at radius 2 is 1.93 bits per heavy atom. The van der Waals surface area contributed by atoms with E-state index in [-0.39, 0.29) is 23.6 Å². The predicted molar refractivity (Wildman–Crippen MR) is 62.8 cm³/mol. The third kappa shape index (κ3) is 6.35. The molecule has 0 amide bonds. The Bertz CT molecular complexity index is 267. The van der Waals surface area contributed by atoms with Crippen molar-refractivity contribution >= 4 is 21.6 Å². The molecule has 6 heteroatoms. The molecular weight excluding hydrogens is 238 g/mol. The fourth-order valence-corrected chi connectivity index (χ4v) is 3.09. The molecule has 92 valence electrons. The first-order valence-corrected chi connectivity index (χ1v) is 6.91. The van der Waals surface area contributed by atoms with E-state index in [1.54, 1.807) is 7.05 Å². The first kappa shape index (κ1) is 15.2. The lowest BCUT2D eigenvalue weighted by Gasteiger charge is -2.20. The number of halogens is 1. The first-order valence-electron chi connectivity index (χ1n) is 4.86. The Labute approximate surface area is 97.6 Å². The summed E-state index contributed by atoms with van der Waals surface area (Å²) in [5.74, 6) is 0.272. The zero-order chi connectivity index (χ0) is 12.1. The van der Waals surface area contributed by atoms with Crippen LogP contribution in [0.5, 0.6) is 0 Å². The summed E-state index contributed by atoms with van der Waals surface area (Å²) in [6, 6.07) is 0. The summed E-state index contributed by atoms with van der Waals surface area (Å²) in [7, 11) is -0.0955. The standard InChI is InChI=1S/C9H20ClNO3S/c1-8(2)7-15(12,13)11(3)5-9(10)6-14-4/h8-9H,5-7H2,1-4H3. The van der Waals surface area contributed by atoms with Crippen LogP contribution in [-0.2, 0) is 14.8 Å². The van der Waals surface area contributed by atoms with Gasteiger partial charge < -0.3 is 4.74 Å². The second-order valence-electron chi connectivity index (χ2n) is 4.01. The lowest BCUT2D eigenvalue weighted by atomic mass is 10.3. The molecule has 0 aliphatic heterocycles. The summed E-state index contributed by atoms with van der Waals surface area (Å²) >= 11 is 5.89. The smallest absolute Gasteiger partial charge is 0.214 e. The van der Waals surface area contributed by atoms with Gasteiger partial charge in [0.25, 0.3) is 0 Å². The van der Waals surface area contributed by atoms with Crippen molar-refractivity contribution in [2.24, 2.45) is 5.92 Å². The number of ether oxygens (including phenoxy) is 1. The maximum Gasteiger partial charge on any atom is 0.214 e. The Hall–Kier alpha value is 0.160. The second kappa shape index (κ2) is 6.68. The van der Waals surface area contributed by atoms with E-state index in [0.29, 0.717) is 6.61 Å². The monoisotopic (exact) mass is 257 g/mol. The average molecular weight is 258 g/mol. The van der Waals surface area contributed by atoms with Crippen LogP contribution in [0, 0.1) is 5.92 Å². The van der Waals surface area contributed by atoms with E-state index in [4.69, 9.17) is 16.3 Å². The van der Waals surface area contributed by atoms with Crippen LogP contribution in [0.4, 0.5) is 0 Å². The summed E-state index contributed by atoms with van der Waals surface area (Å²) in [6.45, 7) is 4.38. The van der Waals surface area contributed by atoms with Gasteiger partial charge in [-0.3, -0.25) is 0 Å². The van der Waals surface area contributed by atoms with E-state index in [1.807, 2.05) is 13.8 Å². The van der Waals surface area contributed by atoms with Crippen LogP contribution < -0.4 is 0 Å². The molecule has 15 heavy (non-hydrogen) atoms. The van der Waals surface area contributed by atoms with Gasteiger partial charge >= 0.3 is 0 Å². The van der Waals surface area contributed by atoms with E-state index in [9.17, 15) is 8.42 Å². The summed E-state index contributed by atoms with van der Waals surface area (Å²) < 4.78 is 29.6. The SMILES string of the molecule is COCC(Cl)CN(C)S(=O)(=O)CC(C)C. The fraction of sp³-hybridized carbons (Fsp3) is 1.00. The van der Waals surface area contributed by atoms with Gasteiger partial charge in [-0.1, -0.05) is 13.8 Å². The topological polar surface area (TPSA) is 46.6 Å². The van der Waals surface area contributed by atoms with E-state index in [0.717, 1.165) is 0 Å². The van der Waals surface area contributed by atoms with Gasteiger partial charge in [-0.2, -0.15) is 0 Å². The average Bonchev–Trinajstić information content (AvgIpc) is 2.01. The zero-order valence-electron chi connectivity index (χ0n) is 9.73. The lowest BCUT2D eigenvalue weighted by molar-refractivity contribution is 0.192. The van der Waals surface area contributed by atoms with Crippen LogP contribution in [-0.4, -0.2) is 51.2 Å². The molecule has 0 aliphatic rings. The molecule has 0 radical (unpaired) electrons. The minimum absolute atomic E-state index is 0.119. The van der Waals surface area contributed by atoms with Crippen molar-refractivity contribution < 1.29 is 13.2 Å². The van der Waals surface area contributed by atoms with Gasteiger partial charge in [0.1, 0.15) is 0 Å². The maximum atomic E-state index is 11.7. The van der Waals surface area contributed by atoms with Gasteiger partial charge in [0.05, 0.1) is 17.7 Å². The van der Waals surface area contributed by atoms with Gasteiger partial charge in [0.2, 0.25) is 10.0 Å². The third-order valence-corrected chi connectivity index (χ3v) is 4.27. The number of methoxy groups -OCH3 is 1. The van der Waals surface area contributed by atoms with Crippen molar-refractivity contribution in [3.8, 4) is 0 Å². The number of hydrogen-bond donors (Lipinski definition) is 0. The molecule has 4 nitrogen and oxygen atoms in total. The summed E-state index contributed by atoms with van der Waals surface area (Å²) in [5.41, 5.74) is 0. The van der Waals surface area contributed by atoms with Crippen molar-refractivity contribution in [1.82, 2.24) is 4.31 Å². The van der Waals surface area contributed by atoms with Crippen LogP contribution in [0.3, 0.4) is 0 Å². The molecule has 0 N–H and O–H groups in total. The highest BCUT2D eigenvalue weighted by molar-refractivity contribution is 7.89. The zero-order valence-corrected chi connectivity index (χ0v) is 11.3. The molecule has 0 saturated carbocycles. The molecule has 0 aromatic carbocycles. The van der Waals surface area contributed by atoms with E-state index >= 15 is 0 Å². The van der Waals surface area contributed by atoms with Crippen molar-refractivity contribution in [3.05, 3.63) is 0 Å². The molecule has 0 heterocycles. The number of rotatable bonds is 7. The largest absolute Gasteiger partial charge is 0.383 e. The summed E-state index contributed by atoms with van der Waals surface area (Å²) in [4.78, 5) is 0. The molecule has 0 fully saturated rings. The molecule has 0 saturated heterocycles. The molecular formula is C9H20ClNO3S. The molecule has 0 spiro atoms. The highest BCUT2D eigenvalue weighted by Crippen LogP contribution is 2.08. The minimum atomic E-state index is -3.18. The molecule has 0 aliphatic carbocycles. The minimum Gasteiger partial charge on any atom is -0.383 e. The van der Waals surface area contributed by atoms with E-state index < -0.39 is 10.0 Å². The second-order valence-corrected chi connectivity index (χ2v) is 6.74. The summed E-state index contributed by atoms with van der Waals surface area (Å²) in [6.07, 6.45) is 0. The fourth-order valence-electron chi connectivity index (χ4n) is 1.17. The van der Waals surface area contributed by atoms with Gasteiger partial charge in [-0.15, -0.1) is 11.6 Å². The van der Waals surface area contributed by atoms with Crippen molar-refractivity contribution in [2.75, 3.05) is 33.1 Å². The van der Waals surface area contributed by atoms with Crippen LogP contribution in [0.15, 0.2) is 0 Å². The van der Waals surface area contributed by atoms with Crippen molar-refractivity contribution in [3.63, 3.8) is 0 Å². The van der Waals surface area contributed by atoms with Crippen LogP contribution in [0.2, 0.25) is 0 Å². The van der Waals surface area contributed by atoms with Crippen LogP contribution >= 0.6 is 11.6 Å². The number of sulfonamides is 1. The van der Waals surface area contributed by atoms with Crippen molar-refractivity contribution in [1.29, 1.82) is 0 Å². The molecule has 0 aromatic heterocycles. The van der Waals surface area contributed by atoms with Crippen molar-refractivity contribution in [2.45, 2.75) is 19.2 Å². The Balaban J connectivity index is 4.25. The van der Waals surface area contributed by atoms with E-state index in [2.05, 4.69) is 0 Å². The molecule has 1 atom stereocenters. The predicted octanol–water partition coefficient (Wildman–Crippen LogP) is 1.16. The van der Waals surface area contributed by atoms with Gasteiger partial charge in [-0.25, -0.2) is 12.7 Å². The van der Waals surface area contributed by atoms with Crippen LogP contribution in [0.25, 0.3) is 0 Å². The molecule has 0 rings (SSSR count). The molecule has 0 aromatic rings. The third-order valence-electron chi connectivity index (χ3n) is 1.82. The highest BCUT2D eigenvalue weighted by Gasteiger charge is 2.21. The quantitative estimate of drug-likeness (QED) is 0.643. The molecule has 0 bridgehead atoms. The lowest BCUT2D eigenvalue weighted by Crippen LogP contribution is -2.36. The Kier molecular flexibility index (Phi) is 6.75. The van der Waals surface area contributed by atoms with Gasteiger partial charge in [-0.05, 0) is 5.92 Å². The normalized spacial score (nSPS) is 14.9. The van der Waals surface area contributed by atoms with Crippen LogP contribution in [0.1, 0.15) is 13.8 Å². The molecule has 1 unspecified atom stereocenters. The van der Waals surface area contributed by atoms with Gasteiger partial charge in [0.15, 0.2) is 0 Å². The summed E-state index contributed by atoms with van der Waals surface area (Å²) in [5, 5.41) is -0.304. The maximum absolute atomic E-state index is 11.7. The number of hydrogen-bond acceptors (Lipinski definition) is 3. The highest BCUT2D eigenvalue weighted by atomic mass is 35.5. The Morgan fingerprint density at radius 3 is 2.33 bits per heavy atom. The van der Waals surface area contributed by atoms with Gasteiger partial charge in [0, 0.05) is 20.7 Å². The number of nitrogens with zero attached hydrogens (tertiary/aromatic N) is 1.